The van der Waals surface area contributed by atoms with Gasteiger partial charge in [0.15, 0.2) is 0 Å². The van der Waals surface area contributed by atoms with Crippen LogP contribution >= 0.6 is 11.3 Å². The summed E-state index contributed by atoms with van der Waals surface area (Å²) >= 11 is 1.45. The Labute approximate surface area is 117 Å². The average Bonchev–Trinajstić information content (AvgIpc) is 3.06. The molecule has 2 aliphatic heterocycles. The molecule has 3 rings (SSSR count). The smallest absolute Gasteiger partial charge is 0.270 e. The Kier molecular flexibility index (Phi) is 3.81. The number of carbonyl (C=O) groups excluding carboxylic acids is 1. The van der Waals surface area contributed by atoms with E-state index < -0.39 is 0 Å². The molecule has 0 aromatic carbocycles. The Balaban J connectivity index is 1.57. The molecule has 2 fully saturated rings. The van der Waals surface area contributed by atoms with Crippen molar-refractivity contribution >= 4 is 17.2 Å². The standard InChI is InChI=1S/C13H20N4OS/c14-7-12-16-11(8-19-12)13(18)15-9-3-5-17-4-1-2-10(17)6-9/h8-10H,1-7,14H2,(H,15,18). The van der Waals surface area contributed by atoms with Crippen LogP contribution < -0.4 is 11.1 Å². The van der Waals surface area contributed by atoms with E-state index in [-0.39, 0.29) is 5.91 Å². The van der Waals surface area contributed by atoms with Gasteiger partial charge in [0.25, 0.3) is 5.91 Å². The maximum atomic E-state index is 12.1. The number of rotatable bonds is 3. The topological polar surface area (TPSA) is 71.2 Å². The summed E-state index contributed by atoms with van der Waals surface area (Å²) in [6, 6.07) is 0.976. The van der Waals surface area contributed by atoms with E-state index in [4.69, 9.17) is 5.73 Å². The van der Waals surface area contributed by atoms with E-state index in [0.29, 0.717) is 24.3 Å². The zero-order chi connectivity index (χ0) is 13.2. The Hall–Kier alpha value is -0.980. The minimum atomic E-state index is -0.0487. The molecule has 0 bridgehead atoms. The normalized spacial score (nSPS) is 27.2. The van der Waals surface area contributed by atoms with Gasteiger partial charge >= 0.3 is 0 Å². The molecule has 6 heteroatoms. The van der Waals surface area contributed by atoms with Crippen LogP contribution in [-0.2, 0) is 6.54 Å². The summed E-state index contributed by atoms with van der Waals surface area (Å²) in [6.45, 7) is 2.75. The van der Waals surface area contributed by atoms with Gasteiger partial charge in [-0.3, -0.25) is 4.79 Å². The number of carbonyl (C=O) groups is 1. The molecule has 0 saturated carbocycles. The first kappa shape index (κ1) is 13.0. The zero-order valence-electron chi connectivity index (χ0n) is 11.0. The highest BCUT2D eigenvalue weighted by molar-refractivity contribution is 7.09. The van der Waals surface area contributed by atoms with Crippen molar-refractivity contribution in [2.45, 2.75) is 44.3 Å². The first-order valence-electron chi connectivity index (χ1n) is 6.95. The molecule has 19 heavy (non-hydrogen) atoms. The summed E-state index contributed by atoms with van der Waals surface area (Å²) in [5.41, 5.74) is 6.03. The van der Waals surface area contributed by atoms with Gasteiger partial charge in [-0.15, -0.1) is 11.3 Å². The lowest BCUT2D eigenvalue weighted by molar-refractivity contribution is 0.0891. The predicted octanol–water partition coefficient (Wildman–Crippen LogP) is 0.958. The second-order valence-electron chi connectivity index (χ2n) is 5.36. The molecule has 0 spiro atoms. The summed E-state index contributed by atoms with van der Waals surface area (Å²) in [7, 11) is 0. The predicted molar refractivity (Wildman–Crippen MR) is 75.1 cm³/mol. The minimum Gasteiger partial charge on any atom is -0.348 e. The van der Waals surface area contributed by atoms with Crippen LogP contribution in [0.4, 0.5) is 0 Å². The number of nitrogens with two attached hydrogens (primary N) is 1. The molecular weight excluding hydrogens is 260 g/mol. The third-order valence-electron chi connectivity index (χ3n) is 4.11. The van der Waals surface area contributed by atoms with Crippen molar-refractivity contribution in [1.82, 2.24) is 15.2 Å². The van der Waals surface area contributed by atoms with E-state index >= 15 is 0 Å². The number of aromatic nitrogens is 1. The van der Waals surface area contributed by atoms with Crippen LogP contribution in [0.25, 0.3) is 0 Å². The van der Waals surface area contributed by atoms with Gasteiger partial charge in [0.1, 0.15) is 10.7 Å². The third-order valence-corrected chi connectivity index (χ3v) is 4.99. The number of nitrogens with zero attached hydrogens (tertiary/aromatic N) is 2. The van der Waals surface area contributed by atoms with Gasteiger partial charge in [0.2, 0.25) is 0 Å². The molecule has 1 aromatic rings. The number of piperidine rings is 1. The lowest BCUT2D eigenvalue weighted by Crippen LogP contribution is -2.47. The largest absolute Gasteiger partial charge is 0.348 e. The molecule has 2 aliphatic rings. The van der Waals surface area contributed by atoms with Crippen molar-refractivity contribution in [3.8, 4) is 0 Å². The van der Waals surface area contributed by atoms with Gasteiger partial charge in [-0.25, -0.2) is 4.98 Å². The molecular formula is C13H20N4OS. The fraction of sp³-hybridized carbons (Fsp3) is 0.692. The molecule has 3 N–H and O–H groups in total. The van der Waals surface area contributed by atoms with E-state index in [9.17, 15) is 4.79 Å². The number of fused-ring (bicyclic) bond motifs is 1. The molecule has 0 aliphatic carbocycles. The number of amides is 1. The molecule has 2 saturated heterocycles. The van der Waals surface area contributed by atoms with Gasteiger partial charge in [0.05, 0.1) is 0 Å². The Bertz CT molecular complexity index is 461. The highest BCUT2D eigenvalue weighted by Gasteiger charge is 2.32. The third kappa shape index (κ3) is 2.80. The first-order valence-corrected chi connectivity index (χ1v) is 7.83. The molecule has 104 valence electrons. The Morgan fingerprint density at radius 2 is 2.42 bits per heavy atom. The second kappa shape index (κ2) is 5.56. The van der Waals surface area contributed by atoms with Crippen molar-refractivity contribution in [3.05, 3.63) is 16.1 Å². The summed E-state index contributed by atoms with van der Waals surface area (Å²) < 4.78 is 0. The lowest BCUT2D eigenvalue weighted by atomic mass is 9.97. The van der Waals surface area contributed by atoms with Crippen molar-refractivity contribution < 1.29 is 4.79 Å². The van der Waals surface area contributed by atoms with Crippen LogP contribution in [-0.4, -0.2) is 41.0 Å². The van der Waals surface area contributed by atoms with Crippen molar-refractivity contribution in [2.75, 3.05) is 13.1 Å². The fourth-order valence-corrected chi connectivity index (χ4v) is 3.78. The first-order chi connectivity index (χ1) is 9.26. The van der Waals surface area contributed by atoms with Crippen molar-refractivity contribution in [1.29, 1.82) is 0 Å². The summed E-state index contributed by atoms with van der Waals surface area (Å²) in [4.78, 5) is 18.9. The van der Waals surface area contributed by atoms with E-state index in [1.54, 1.807) is 5.38 Å². The van der Waals surface area contributed by atoms with Crippen LogP contribution in [0.3, 0.4) is 0 Å². The van der Waals surface area contributed by atoms with Crippen LogP contribution in [0.5, 0.6) is 0 Å². The van der Waals surface area contributed by atoms with Gasteiger partial charge in [-0.1, -0.05) is 0 Å². The molecule has 5 nitrogen and oxygen atoms in total. The van der Waals surface area contributed by atoms with Gasteiger partial charge in [-0.2, -0.15) is 0 Å². The van der Waals surface area contributed by atoms with Gasteiger partial charge in [0, 0.05) is 30.6 Å². The molecule has 3 heterocycles. The maximum absolute atomic E-state index is 12.1. The maximum Gasteiger partial charge on any atom is 0.270 e. The van der Waals surface area contributed by atoms with E-state index in [1.165, 1.54) is 30.7 Å². The highest BCUT2D eigenvalue weighted by atomic mass is 32.1. The van der Waals surface area contributed by atoms with Gasteiger partial charge < -0.3 is 16.0 Å². The van der Waals surface area contributed by atoms with E-state index in [2.05, 4.69) is 15.2 Å². The minimum absolute atomic E-state index is 0.0487. The van der Waals surface area contributed by atoms with E-state index in [0.717, 1.165) is 24.4 Å². The van der Waals surface area contributed by atoms with Crippen LogP contribution in [0, 0.1) is 0 Å². The molecule has 0 radical (unpaired) electrons. The highest BCUT2D eigenvalue weighted by Crippen LogP contribution is 2.27. The monoisotopic (exact) mass is 280 g/mol. The van der Waals surface area contributed by atoms with Crippen LogP contribution in [0.2, 0.25) is 0 Å². The van der Waals surface area contributed by atoms with E-state index in [1.807, 2.05) is 0 Å². The number of thiazole rings is 1. The summed E-state index contributed by atoms with van der Waals surface area (Å²) in [5, 5.41) is 5.73. The van der Waals surface area contributed by atoms with Gasteiger partial charge in [-0.05, 0) is 32.2 Å². The average molecular weight is 280 g/mol. The molecule has 2 unspecified atom stereocenters. The van der Waals surface area contributed by atoms with Crippen LogP contribution in [0.1, 0.15) is 41.2 Å². The SMILES string of the molecule is NCc1nc(C(=O)NC2CCN3CCCC3C2)cs1. The number of nitrogens with one attached hydrogen (secondary N) is 1. The Morgan fingerprint density at radius 1 is 1.53 bits per heavy atom. The fourth-order valence-electron chi connectivity index (χ4n) is 3.12. The van der Waals surface area contributed by atoms with Crippen molar-refractivity contribution in [2.24, 2.45) is 5.73 Å². The lowest BCUT2D eigenvalue weighted by Gasteiger charge is -2.35. The number of hydrogen-bond donors (Lipinski definition) is 2. The second-order valence-corrected chi connectivity index (χ2v) is 6.30. The quantitative estimate of drug-likeness (QED) is 0.865. The molecule has 2 atom stereocenters. The number of hydrogen-bond acceptors (Lipinski definition) is 5. The van der Waals surface area contributed by atoms with Crippen LogP contribution in [0.15, 0.2) is 5.38 Å². The molecule has 1 aromatic heterocycles. The van der Waals surface area contributed by atoms with Crippen molar-refractivity contribution in [3.63, 3.8) is 0 Å². The summed E-state index contributed by atoms with van der Waals surface area (Å²) in [5.74, 6) is -0.0487. The molecule has 1 amide bonds. The zero-order valence-corrected chi connectivity index (χ0v) is 11.8. The Morgan fingerprint density at radius 3 is 3.21 bits per heavy atom. The summed E-state index contributed by atoms with van der Waals surface area (Å²) in [6.07, 6.45) is 4.72.